The molecule has 1 saturated heterocycles. The minimum Gasteiger partial charge on any atom is -0.369 e. The number of primary amides is 1. The zero-order chi connectivity index (χ0) is 25.4. The van der Waals surface area contributed by atoms with Crippen LogP contribution in [0.3, 0.4) is 0 Å². The summed E-state index contributed by atoms with van der Waals surface area (Å²) < 4.78 is 0. The third-order valence-corrected chi connectivity index (χ3v) is 7.72. The highest BCUT2D eigenvalue weighted by Gasteiger charge is 2.47. The van der Waals surface area contributed by atoms with Crippen molar-refractivity contribution in [1.29, 1.82) is 0 Å². The van der Waals surface area contributed by atoms with E-state index in [0.29, 0.717) is 17.3 Å². The van der Waals surface area contributed by atoms with Crippen LogP contribution in [0.15, 0.2) is 72.9 Å². The second kappa shape index (κ2) is 9.69. The van der Waals surface area contributed by atoms with Crippen LogP contribution in [0.5, 0.6) is 0 Å². The first-order chi connectivity index (χ1) is 18.1. The maximum Gasteiger partial charge on any atom is 0.253 e. The number of anilines is 3. The predicted octanol–water partition coefficient (Wildman–Crippen LogP) is 4.21. The van der Waals surface area contributed by atoms with Crippen LogP contribution in [0.2, 0.25) is 0 Å². The number of fused-ring (bicyclic) bond motifs is 2. The van der Waals surface area contributed by atoms with Gasteiger partial charge in [0, 0.05) is 42.1 Å². The smallest absolute Gasteiger partial charge is 0.253 e. The van der Waals surface area contributed by atoms with Gasteiger partial charge in [-0.1, -0.05) is 48.6 Å². The van der Waals surface area contributed by atoms with Crippen molar-refractivity contribution in [3.8, 4) is 11.1 Å². The number of benzene rings is 2. The number of allylic oxidation sites excluding steroid dienone is 1. The lowest BCUT2D eigenvalue weighted by Gasteiger charge is -2.28. The Kier molecular flexibility index (Phi) is 6.08. The third-order valence-electron chi connectivity index (χ3n) is 7.72. The summed E-state index contributed by atoms with van der Waals surface area (Å²) >= 11 is 0. The van der Waals surface area contributed by atoms with Gasteiger partial charge in [-0.05, 0) is 54.9 Å². The molecule has 8 heteroatoms. The first kappa shape index (κ1) is 23.2. The molecule has 37 heavy (non-hydrogen) atoms. The van der Waals surface area contributed by atoms with Gasteiger partial charge in [0.1, 0.15) is 5.82 Å². The quantitative estimate of drug-likeness (QED) is 0.424. The number of hydrogen-bond donors (Lipinski definition) is 3. The van der Waals surface area contributed by atoms with Crippen LogP contribution in [0.4, 0.5) is 17.5 Å². The second-order valence-electron chi connectivity index (χ2n) is 10.1. The molecule has 2 fully saturated rings. The molecule has 0 spiro atoms. The normalized spacial score (nSPS) is 23.8. The van der Waals surface area contributed by atoms with E-state index >= 15 is 0 Å². The fraction of sp³-hybridized carbons (Fsp3) is 0.310. The van der Waals surface area contributed by atoms with Crippen molar-refractivity contribution in [2.45, 2.75) is 25.3 Å². The van der Waals surface area contributed by atoms with Crippen LogP contribution < -0.4 is 16.4 Å². The topological polar surface area (TPSA) is 113 Å². The van der Waals surface area contributed by atoms with E-state index < -0.39 is 0 Å². The zero-order valence-electron chi connectivity index (χ0n) is 20.5. The predicted molar refractivity (Wildman–Crippen MR) is 143 cm³/mol. The van der Waals surface area contributed by atoms with Crippen LogP contribution in [-0.2, 0) is 4.79 Å². The monoisotopic (exact) mass is 494 g/mol. The standard InChI is InChI=1S/C29H30N6O2/c30-26(36)24-19-11-12-20(15-19)25(24)33-27-23(18-7-2-1-3-8-18)17-31-29(34-27)32-22-10-6-9-21(16-22)28(37)35-13-4-5-14-35/h1-3,6-12,16-17,19-20,24-25H,4-5,13-15H2,(H2,30,36)(H2,31,32,33,34)/t19-,20+,24+,25-/m1/s1. The average Bonchev–Trinajstić information content (AvgIpc) is 3.68. The zero-order valence-corrected chi connectivity index (χ0v) is 20.5. The minimum atomic E-state index is -0.289. The van der Waals surface area contributed by atoms with Gasteiger partial charge >= 0.3 is 0 Å². The lowest BCUT2D eigenvalue weighted by Crippen LogP contribution is -2.41. The number of rotatable bonds is 7. The van der Waals surface area contributed by atoms with Crippen molar-refractivity contribution in [2.75, 3.05) is 23.7 Å². The van der Waals surface area contributed by atoms with Crippen molar-refractivity contribution in [2.24, 2.45) is 23.5 Å². The van der Waals surface area contributed by atoms with Gasteiger partial charge in [-0.15, -0.1) is 0 Å². The molecule has 0 radical (unpaired) electrons. The molecule has 1 aromatic heterocycles. The molecule has 2 bridgehead atoms. The highest BCUT2D eigenvalue weighted by Crippen LogP contribution is 2.45. The van der Waals surface area contributed by atoms with E-state index in [1.807, 2.05) is 59.5 Å². The Morgan fingerprint density at radius 1 is 0.973 bits per heavy atom. The molecular weight excluding hydrogens is 464 g/mol. The SMILES string of the molecule is NC(=O)[C@@H]1[C@H](Nc2nc(Nc3cccc(C(=O)N4CCCC4)c3)ncc2-c2ccccc2)[C@H]2C=C[C@@H]1C2. The van der Waals surface area contributed by atoms with E-state index in [1.165, 1.54) is 0 Å². The lowest BCUT2D eigenvalue weighted by atomic mass is 9.88. The van der Waals surface area contributed by atoms with E-state index in [0.717, 1.165) is 49.2 Å². The number of amides is 2. The summed E-state index contributed by atoms with van der Waals surface area (Å²) in [5.41, 5.74) is 9.01. The van der Waals surface area contributed by atoms with Gasteiger partial charge in [-0.2, -0.15) is 4.98 Å². The summed E-state index contributed by atoms with van der Waals surface area (Å²) in [4.78, 5) is 36.5. The molecule has 2 aromatic carbocycles. The molecule has 1 aliphatic heterocycles. The molecule has 8 nitrogen and oxygen atoms in total. The molecule has 3 aromatic rings. The maximum absolute atomic E-state index is 12.9. The van der Waals surface area contributed by atoms with Crippen LogP contribution in [0, 0.1) is 17.8 Å². The summed E-state index contributed by atoms with van der Waals surface area (Å²) in [6, 6.07) is 17.2. The first-order valence-corrected chi connectivity index (χ1v) is 12.9. The van der Waals surface area contributed by atoms with E-state index in [9.17, 15) is 9.59 Å². The fourth-order valence-electron chi connectivity index (χ4n) is 5.91. The highest BCUT2D eigenvalue weighted by atomic mass is 16.2. The summed E-state index contributed by atoms with van der Waals surface area (Å²) in [5, 5.41) is 6.82. The molecule has 2 heterocycles. The Hall–Kier alpha value is -4.20. The molecule has 1 saturated carbocycles. The molecular formula is C29H30N6O2. The number of hydrogen-bond acceptors (Lipinski definition) is 6. The van der Waals surface area contributed by atoms with Gasteiger partial charge in [0.05, 0.1) is 5.92 Å². The summed E-state index contributed by atoms with van der Waals surface area (Å²) in [6.45, 7) is 1.61. The Labute approximate surface area is 216 Å². The second-order valence-corrected chi connectivity index (χ2v) is 10.1. The van der Waals surface area contributed by atoms with Gasteiger partial charge in [-0.25, -0.2) is 4.98 Å². The largest absolute Gasteiger partial charge is 0.369 e. The van der Waals surface area contributed by atoms with E-state index in [1.54, 1.807) is 6.20 Å². The lowest BCUT2D eigenvalue weighted by molar-refractivity contribution is -0.122. The fourth-order valence-corrected chi connectivity index (χ4v) is 5.91. The molecule has 4 N–H and O–H groups in total. The Bertz CT molecular complexity index is 1350. The van der Waals surface area contributed by atoms with Gasteiger partial charge in [-0.3, -0.25) is 9.59 Å². The van der Waals surface area contributed by atoms with Gasteiger partial charge in [0.25, 0.3) is 5.91 Å². The molecule has 2 aliphatic carbocycles. The summed E-state index contributed by atoms with van der Waals surface area (Å²) in [7, 11) is 0. The van der Waals surface area contributed by atoms with E-state index in [4.69, 9.17) is 10.7 Å². The van der Waals surface area contributed by atoms with Crippen molar-refractivity contribution < 1.29 is 9.59 Å². The Morgan fingerprint density at radius 3 is 2.54 bits per heavy atom. The number of nitrogens with two attached hydrogens (primary N) is 1. The molecule has 188 valence electrons. The third kappa shape index (κ3) is 4.55. The van der Waals surface area contributed by atoms with Crippen molar-refractivity contribution in [1.82, 2.24) is 14.9 Å². The Balaban J connectivity index is 1.30. The molecule has 3 aliphatic rings. The molecule has 6 rings (SSSR count). The number of nitrogens with zero attached hydrogens (tertiary/aromatic N) is 3. The van der Waals surface area contributed by atoms with Crippen LogP contribution >= 0.6 is 0 Å². The van der Waals surface area contributed by atoms with Crippen LogP contribution in [0.25, 0.3) is 11.1 Å². The number of likely N-dealkylation sites (tertiary alicyclic amines) is 1. The van der Waals surface area contributed by atoms with Crippen molar-refractivity contribution >= 4 is 29.3 Å². The van der Waals surface area contributed by atoms with Crippen LogP contribution in [0.1, 0.15) is 29.6 Å². The number of carbonyl (C=O) groups is 2. The van der Waals surface area contributed by atoms with Gasteiger partial charge in [0.15, 0.2) is 0 Å². The molecule has 0 unspecified atom stereocenters. The van der Waals surface area contributed by atoms with Crippen molar-refractivity contribution in [3.63, 3.8) is 0 Å². The molecule has 2 amide bonds. The van der Waals surface area contributed by atoms with Gasteiger partial charge in [0.2, 0.25) is 11.9 Å². The first-order valence-electron chi connectivity index (χ1n) is 12.9. The summed E-state index contributed by atoms with van der Waals surface area (Å²) in [5.74, 6) is 0.917. The highest BCUT2D eigenvalue weighted by molar-refractivity contribution is 5.95. The number of carbonyl (C=O) groups excluding carboxylic acids is 2. The van der Waals surface area contributed by atoms with E-state index in [-0.39, 0.29) is 35.6 Å². The average molecular weight is 495 g/mol. The number of nitrogens with one attached hydrogen (secondary N) is 2. The summed E-state index contributed by atoms with van der Waals surface area (Å²) in [6.07, 6.45) is 9.09. The Morgan fingerprint density at radius 2 is 1.76 bits per heavy atom. The minimum absolute atomic E-state index is 0.0469. The van der Waals surface area contributed by atoms with Crippen LogP contribution in [-0.4, -0.2) is 45.8 Å². The molecule has 4 atom stereocenters. The maximum atomic E-state index is 12.9. The van der Waals surface area contributed by atoms with E-state index in [2.05, 4.69) is 27.8 Å². The van der Waals surface area contributed by atoms with Crippen molar-refractivity contribution in [3.05, 3.63) is 78.5 Å². The van der Waals surface area contributed by atoms with Gasteiger partial charge < -0.3 is 21.3 Å². The number of aromatic nitrogens is 2.